The van der Waals surface area contributed by atoms with Crippen molar-refractivity contribution >= 4 is 5.82 Å². The lowest BCUT2D eigenvalue weighted by Gasteiger charge is -2.25. The van der Waals surface area contributed by atoms with Gasteiger partial charge >= 0.3 is 0 Å². The number of rotatable bonds is 6. The van der Waals surface area contributed by atoms with E-state index < -0.39 is 0 Å². The Morgan fingerprint density at radius 1 is 0.792 bits per heavy atom. The van der Waals surface area contributed by atoms with Crippen LogP contribution in [0.5, 0.6) is 0 Å². The second kappa shape index (κ2) is 7.75. The van der Waals surface area contributed by atoms with Crippen LogP contribution in [0.3, 0.4) is 0 Å². The second-order valence-electron chi connectivity index (χ2n) is 5.95. The van der Waals surface area contributed by atoms with Crippen LogP contribution in [-0.2, 0) is 19.6 Å². The van der Waals surface area contributed by atoms with Crippen molar-refractivity contribution in [2.45, 2.75) is 26.6 Å². The molecule has 0 aliphatic carbocycles. The van der Waals surface area contributed by atoms with Crippen LogP contribution in [0.15, 0.2) is 72.8 Å². The summed E-state index contributed by atoms with van der Waals surface area (Å²) in [5, 5.41) is 0. The molecule has 0 saturated heterocycles. The summed E-state index contributed by atoms with van der Waals surface area (Å²) in [6.45, 7) is 4.19. The molecule has 0 aliphatic rings. The van der Waals surface area contributed by atoms with Crippen molar-refractivity contribution in [3.8, 4) is 0 Å². The first-order valence-corrected chi connectivity index (χ1v) is 8.25. The quantitative estimate of drug-likeness (QED) is 0.745. The van der Waals surface area contributed by atoms with Crippen molar-refractivity contribution in [1.82, 2.24) is 4.98 Å². The van der Waals surface area contributed by atoms with Crippen molar-refractivity contribution in [2.75, 3.05) is 4.90 Å². The molecule has 3 heteroatoms. The van der Waals surface area contributed by atoms with Gasteiger partial charge in [0, 0.05) is 25.3 Å². The van der Waals surface area contributed by atoms with Gasteiger partial charge in [-0.2, -0.15) is 0 Å². The van der Waals surface area contributed by atoms with E-state index in [4.69, 9.17) is 10.7 Å². The lowest BCUT2D eigenvalue weighted by molar-refractivity contribution is 0.778. The maximum absolute atomic E-state index is 5.77. The smallest absolute Gasteiger partial charge is 0.129 e. The number of pyridine rings is 1. The number of nitrogens with zero attached hydrogens (tertiary/aromatic N) is 2. The molecular formula is C21H23N3. The maximum atomic E-state index is 5.77. The molecule has 3 aromatic rings. The van der Waals surface area contributed by atoms with Gasteiger partial charge in [-0.3, -0.25) is 0 Å². The molecule has 0 amide bonds. The van der Waals surface area contributed by atoms with Gasteiger partial charge in [0.05, 0.1) is 0 Å². The number of nitrogens with two attached hydrogens (primary N) is 1. The van der Waals surface area contributed by atoms with Gasteiger partial charge < -0.3 is 10.6 Å². The first kappa shape index (κ1) is 16.2. The van der Waals surface area contributed by atoms with Gasteiger partial charge in [-0.05, 0) is 29.7 Å². The van der Waals surface area contributed by atoms with Gasteiger partial charge in [-0.1, -0.05) is 66.7 Å². The molecule has 1 heterocycles. The predicted molar refractivity (Wildman–Crippen MR) is 99.6 cm³/mol. The Morgan fingerprint density at radius 3 is 1.79 bits per heavy atom. The zero-order chi connectivity index (χ0) is 16.8. The molecule has 0 fully saturated rings. The third kappa shape index (κ3) is 4.00. The van der Waals surface area contributed by atoms with Crippen molar-refractivity contribution < 1.29 is 0 Å². The molecule has 2 aromatic carbocycles. The second-order valence-corrected chi connectivity index (χ2v) is 5.95. The topological polar surface area (TPSA) is 42.2 Å². The molecule has 0 spiro atoms. The molecule has 0 unspecified atom stereocenters. The van der Waals surface area contributed by atoms with Gasteiger partial charge in [0.2, 0.25) is 0 Å². The molecule has 0 atom stereocenters. The van der Waals surface area contributed by atoms with E-state index in [1.807, 2.05) is 19.1 Å². The number of aryl methyl sites for hydroxylation is 1. The fraction of sp³-hybridized carbons (Fsp3) is 0.190. The maximum Gasteiger partial charge on any atom is 0.129 e. The van der Waals surface area contributed by atoms with Gasteiger partial charge in [0.1, 0.15) is 5.82 Å². The van der Waals surface area contributed by atoms with E-state index in [9.17, 15) is 0 Å². The lowest BCUT2D eigenvalue weighted by Crippen LogP contribution is -2.23. The Balaban J connectivity index is 1.90. The summed E-state index contributed by atoms with van der Waals surface area (Å²) >= 11 is 0. The Morgan fingerprint density at radius 2 is 1.33 bits per heavy atom. The Bertz CT molecular complexity index is 728. The molecule has 0 aliphatic heterocycles. The van der Waals surface area contributed by atoms with E-state index in [1.54, 1.807) is 0 Å². The number of benzene rings is 2. The highest BCUT2D eigenvalue weighted by Crippen LogP contribution is 2.20. The number of hydrogen-bond donors (Lipinski definition) is 1. The first-order chi connectivity index (χ1) is 11.8. The highest BCUT2D eigenvalue weighted by molar-refractivity contribution is 5.43. The minimum Gasteiger partial charge on any atom is -0.348 e. The summed E-state index contributed by atoms with van der Waals surface area (Å²) in [6, 6.07) is 25.2. The van der Waals surface area contributed by atoms with E-state index in [-0.39, 0.29) is 0 Å². The predicted octanol–water partition coefficient (Wildman–Crippen LogP) is 4.06. The van der Waals surface area contributed by atoms with Gasteiger partial charge in [0.15, 0.2) is 0 Å². The summed E-state index contributed by atoms with van der Waals surface area (Å²) < 4.78 is 0. The van der Waals surface area contributed by atoms with Crippen LogP contribution in [0.1, 0.15) is 22.4 Å². The monoisotopic (exact) mass is 317 g/mol. The number of anilines is 1. The van der Waals surface area contributed by atoms with Crippen molar-refractivity contribution in [1.29, 1.82) is 0 Å². The van der Waals surface area contributed by atoms with Crippen LogP contribution in [-0.4, -0.2) is 4.98 Å². The van der Waals surface area contributed by atoms with Crippen LogP contribution in [0.25, 0.3) is 0 Å². The minimum absolute atomic E-state index is 0.524. The van der Waals surface area contributed by atoms with E-state index in [1.165, 1.54) is 11.1 Å². The lowest BCUT2D eigenvalue weighted by atomic mass is 10.1. The van der Waals surface area contributed by atoms with Crippen molar-refractivity contribution in [2.24, 2.45) is 5.73 Å². The summed E-state index contributed by atoms with van der Waals surface area (Å²) in [7, 11) is 0. The van der Waals surface area contributed by atoms with Crippen molar-refractivity contribution in [3.05, 3.63) is 95.2 Å². The SMILES string of the molecule is Cc1nc(N(Cc2ccccc2)Cc2ccccc2)ccc1CN. The zero-order valence-electron chi connectivity index (χ0n) is 14.0. The minimum atomic E-state index is 0.524. The Labute approximate surface area is 143 Å². The molecule has 3 nitrogen and oxygen atoms in total. The fourth-order valence-electron chi connectivity index (χ4n) is 2.79. The standard InChI is InChI=1S/C21H23N3/c1-17-20(14-22)12-13-21(23-17)24(15-18-8-4-2-5-9-18)16-19-10-6-3-7-11-19/h2-13H,14-16,22H2,1H3. The third-order valence-corrected chi connectivity index (χ3v) is 4.16. The highest BCUT2D eigenvalue weighted by atomic mass is 15.2. The van der Waals surface area contributed by atoms with Gasteiger partial charge in [0.25, 0.3) is 0 Å². The van der Waals surface area contributed by atoms with Gasteiger partial charge in [-0.15, -0.1) is 0 Å². The highest BCUT2D eigenvalue weighted by Gasteiger charge is 2.11. The average molecular weight is 317 g/mol. The summed E-state index contributed by atoms with van der Waals surface area (Å²) in [6.07, 6.45) is 0. The van der Waals surface area contributed by atoms with Crippen LogP contribution in [0.2, 0.25) is 0 Å². The first-order valence-electron chi connectivity index (χ1n) is 8.25. The van der Waals surface area contributed by atoms with E-state index >= 15 is 0 Å². The molecule has 122 valence electrons. The molecule has 0 saturated carbocycles. The summed E-state index contributed by atoms with van der Waals surface area (Å²) in [5.41, 5.74) is 10.4. The average Bonchev–Trinajstić information content (AvgIpc) is 2.63. The molecule has 0 bridgehead atoms. The van der Waals surface area contributed by atoms with Crippen LogP contribution >= 0.6 is 0 Å². The van der Waals surface area contributed by atoms with Crippen LogP contribution < -0.4 is 10.6 Å². The Kier molecular flexibility index (Phi) is 5.24. The zero-order valence-corrected chi connectivity index (χ0v) is 14.0. The molecule has 0 radical (unpaired) electrons. The largest absolute Gasteiger partial charge is 0.348 e. The fourth-order valence-corrected chi connectivity index (χ4v) is 2.79. The van der Waals surface area contributed by atoms with Gasteiger partial charge in [-0.25, -0.2) is 4.98 Å². The normalized spacial score (nSPS) is 10.6. The van der Waals surface area contributed by atoms with E-state index in [0.717, 1.165) is 30.2 Å². The summed E-state index contributed by atoms with van der Waals surface area (Å²) in [5.74, 6) is 0.984. The molecule has 1 aromatic heterocycles. The van der Waals surface area contributed by atoms with E-state index in [2.05, 4.69) is 65.6 Å². The third-order valence-electron chi connectivity index (χ3n) is 4.16. The van der Waals surface area contributed by atoms with Crippen LogP contribution in [0.4, 0.5) is 5.82 Å². The van der Waals surface area contributed by atoms with Crippen molar-refractivity contribution in [3.63, 3.8) is 0 Å². The number of hydrogen-bond acceptors (Lipinski definition) is 3. The number of aromatic nitrogens is 1. The van der Waals surface area contributed by atoms with E-state index in [0.29, 0.717) is 6.54 Å². The molecule has 3 rings (SSSR count). The molecule has 2 N–H and O–H groups in total. The van der Waals surface area contributed by atoms with Crippen LogP contribution in [0, 0.1) is 6.92 Å². The Hall–Kier alpha value is -2.65. The summed E-state index contributed by atoms with van der Waals surface area (Å²) in [4.78, 5) is 7.09. The molecule has 24 heavy (non-hydrogen) atoms. The molecular weight excluding hydrogens is 294 g/mol.